The van der Waals surface area contributed by atoms with Gasteiger partial charge in [-0.1, -0.05) is 48.5 Å². The molecular formula is C23H25N5O. The average molecular weight is 387 g/mol. The minimum Gasteiger partial charge on any atom is -0.370 e. The molecular weight excluding hydrogens is 362 g/mol. The number of rotatable bonds is 6. The van der Waals surface area contributed by atoms with Crippen LogP contribution in [-0.4, -0.2) is 53.5 Å². The minimum absolute atomic E-state index is 0.0359. The highest BCUT2D eigenvalue weighted by Gasteiger charge is 2.23. The van der Waals surface area contributed by atoms with Crippen LogP contribution in [0.25, 0.3) is 0 Å². The van der Waals surface area contributed by atoms with Gasteiger partial charge >= 0.3 is 0 Å². The summed E-state index contributed by atoms with van der Waals surface area (Å²) in [5.41, 5.74) is 2.91. The van der Waals surface area contributed by atoms with E-state index in [2.05, 4.69) is 44.5 Å². The molecule has 2 heterocycles. The van der Waals surface area contributed by atoms with Gasteiger partial charge in [0, 0.05) is 44.5 Å². The SMILES string of the molecule is O=C(c1cc(NCCc2ccccc2)ncn1)N1CCN(c2ccccc2)CC1. The van der Waals surface area contributed by atoms with Gasteiger partial charge in [-0.25, -0.2) is 9.97 Å². The molecule has 6 heteroatoms. The minimum atomic E-state index is -0.0359. The molecule has 2 aromatic carbocycles. The Hall–Kier alpha value is -3.41. The summed E-state index contributed by atoms with van der Waals surface area (Å²) in [5.74, 6) is 0.647. The summed E-state index contributed by atoms with van der Waals surface area (Å²) in [6.07, 6.45) is 2.36. The highest BCUT2D eigenvalue weighted by Crippen LogP contribution is 2.17. The molecule has 1 N–H and O–H groups in total. The van der Waals surface area contributed by atoms with Crippen molar-refractivity contribution in [3.05, 3.63) is 84.3 Å². The third-order valence-corrected chi connectivity index (χ3v) is 5.14. The fraction of sp³-hybridized carbons (Fsp3) is 0.261. The van der Waals surface area contributed by atoms with Crippen molar-refractivity contribution >= 4 is 17.4 Å². The summed E-state index contributed by atoms with van der Waals surface area (Å²) >= 11 is 0. The number of carbonyl (C=O) groups is 1. The molecule has 1 fully saturated rings. The first kappa shape index (κ1) is 18.9. The number of anilines is 2. The zero-order valence-corrected chi connectivity index (χ0v) is 16.4. The predicted molar refractivity (Wildman–Crippen MR) is 115 cm³/mol. The summed E-state index contributed by atoms with van der Waals surface area (Å²) in [5, 5.41) is 3.29. The molecule has 0 aliphatic carbocycles. The van der Waals surface area contributed by atoms with Crippen molar-refractivity contribution < 1.29 is 4.79 Å². The lowest BCUT2D eigenvalue weighted by Crippen LogP contribution is -2.49. The maximum Gasteiger partial charge on any atom is 0.272 e. The summed E-state index contributed by atoms with van der Waals surface area (Å²) in [7, 11) is 0. The van der Waals surface area contributed by atoms with Crippen molar-refractivity contribution in [1.82, 2.24) is 14.9 Å². The van der Waals surface area contributed by atoms with E-state index in [-0.39, 0.29) is 5.91 Å². The van der Waals surface area contributed by atoms with Crippen LogP contribution < -0.4 is 10.2 Å². The van der Waals surface area contributed by atoms with Crippen LogP contribution in [0.3, 0.4) is 0 Å². The number of hydrogen-bond donors (Lipinski definition) is 1. The Bertz CT molecular complexity index is 924. The van der Waals surface area contributed by atoms with Gasteiger partial charge in [0.15, 0.2) is 0 Å². The fourth-order valence-electron chi connectivity index (χ4n) is 3.52. The van der Waals surface area contributed by atoms with Gasteiger partial charge in [-0.05, 0) is 24.1 Å². The molecule has 0 saturated carbocycles. The molecule has 0 unspecified atom stereocenters. The van der Waals surface area contributed by atoms with Crippen LogP contribution in [0.2, 0.25) is 0 Å². The lowest BCUT2D eigenvalue weighted by molar-refractivity contribution is 0.0740. The smallest absolute Gasteiger partial charge is 0.272 e. The molecule has 1 amide bonds. The van der Waals surface area contributed by atoms with Crippen LogP contribution in [0.15, 0.2) is 73.1 Å². The molecule has 148 valence electrons. The van der Waals surface area contributed by atoms with Gasteiger partial charge in [0.05, 0.1) is 0 Å². The van der Waals surface area contributed by atoms with Crippen molar-refractivity contribution in [1.29, 1.82) is 0 Å². The lowest BCUT2D eigenvalue weighted by atomic mass is 10.1. The Labute approximate surface area is 171 Å². The van der Waals surface area contributed by atoms with Crippen LogP contribution in [0.1, 0.15) is 16.1 Å². The fourth-order valence-corrected chi connectivity index (χ4v) is 3.52. The van der Waals surface area contributed by atoms with Crippen LogP contribution in [-0.2, 0) is 6.42 Å². The van der Waals surface area contributed by atoms with Gasteiger partial charge in [0.25, 0.3) is 5.91 Å². The number of benzene rings is 2. The number of nitrogens with one attached hydrogen (secondary N) is 1. The van der Waals surface area contributed by atoms with Crippen molar-refractivity contribution in [3.8, 4) is 0 Å². The maximum absolute atomic E-state index is 12.9. The molecule has 6 nitrogen and oxygen atoms in total. The van der Waals surface area contributed by atoms with E-state index in [1.807, 2.05) is 41.3 Å². The molecule has 0 radical (unpaired) electrons. The number of piperazine rings is 1. The first-order valence-corrected chi connectivity index (χ1v) is 9.99. The van der Waals surface area contributed by atoms with E-state index in [1.165, 1.54) is 17.6 Å². The van der Waals surface area contributed by atoms with E-state index < -0.39 is 0 Å². The Morgan fingerprint density at radius 1 is 0.897 bits per heavy atom. The van der Waals surface area contributed by atoms with E-state index in [0.717, 1.165) is 26.1 Å². The lowest BCUT2D eigenvalue weighted by Gasteiger charge is -2.36. The molecule has 1 aliphatic rings. The highest BCUT2D eigenvalue weighted by molar-refractivity contribution is 5.93. The molecule has 0 bridgehead atoms. The standard InChI is InChI=1S/C23H25N5O/c29-23(28-15-13-27(14-16-28)20-9-5-2-6-10-20)21-17-22(26-18-25-21)24-12-11-19-7-3-1-4-8-19/h1-10,17-18H,11-16H2,(H,24,25,26). The van der Waals surface area contributed by atoms with Crippen LogP contribution >= 0.6 is 0 Å². The number of aromatic nitrogens is 2. The maximum atomic E-state index is 12.9. The largest absolute Gasteiger partial charge is 0.370 e. The third-order valence-electron chi connectivity index (χ3n) is 5.14. The summed E-state index contributed by atoms with van der Waals surface area (Å²) in [6, 6.07) is 22.4. The molecule has 0 spiro atoms. The normalized spacial score (nSPS) is 13.9. The number of amides is 1. The number of para-hydroxylation sites is 1. The Morgan fingerprint density at radius 2 is 1.59 bits per heavy atom. The highest BCUT2D eigenvalue weighted by atomic mass is 16.2. The molecule has 1 aromatic heterocycles. The van der Waals surface area contributed by atoms with Gasteiger partial charge < -0.3 is 15.1 Å². The quantitative estimate of drug-likeness (QED) is 0.704. The zero-order valence-electron chi connectivity index (χ0n) is 16.4. The van der Waals surface area contributed by atoms with E-state index >= 15 is 0 Å². The van der Waals surface area contributed by atoms with Crippen molar-refractivity contribution in [2.45, 2.75) is 6.42 Å². The first-order chi connectivity index (χ1) is 14.3. The van der Waals surface area contributed by atoms with Crippen LogP contribution in [0, 0.1) is 0 Å². The number of hydrogen-bond acceptors (Lipinski definition) is 5. The monoisotopic (exact) mass is 387 g/mol. The van der Waals surface area contributed by atoms with Gasteiger partial charge in [-0.3, -0.25) is 4.79 Å². The van der Waals surface area contributed by atoms with E-state index in [0.29, 0.717) is 24.6 Å². The Balaban J connectivity index is 1.31. The second-order valence-corrected chi connectivity index (χ2v) is 7.07. The summed E-state index contributed by atoms with van der Waals surface area (Å²) in [4.78, 5) is 25.5. The van der Waals surface area contributed by atoms with E-state index in [1.54, 1.807) is 6.07 Å². The zero-order chi connectivity index (χ0) is 19.9. The molecule has 29 heavy (non-hydrogen) atoms. The predicted octanol–water partition coefficient (Wildman–Crippen LogP) is 3.09. The van der Waals surface area contributed by atoms with Crippen molar-refractivity contribution in [2.75, 3.05) is 42.9 Å². The molecule has 1 aliphatic heterocycles. The van der Waals surface area contributed by atoms with Gasteiger partial charge in [0.1, 0.15) is 17.8 Å². The van der Waals surface area contributed by atoms with E-state index in [9.17, 15) is 4.79 Å². The summed E-state index contributed by atoms with van der Waals surface area (Å²) in [6.45, 7) is 3.78. The number of carbonyl (C=O) groups excluding carboxylic acids is 1. The molecule has 1 saturated heterocycles. The number of nitrogens with zero attached hydrogens (tertiary/aromatic N) is 4. The Kier molecular flexibility index (Phi) is 6.00. The second-order valence-electron chi connectivity index (χ2n) is 7.07. The molecule has 4 rings (SSSR count). The van der Waals surface area contributed by atoms with Crippen LogP contribution in [0.4, 0.5) is 11.5 Å². The van der Waals surface area contributed by atoms with Gasteiger partial charge in [-0.2, -0.15) is 0 Å². The molecule has 0 atom stereocenters. The topological polar surface area (TPSA) is 61.4 Å². The second kappa shape index (κ2) is 9.19. The first-order valence-electron chi connectivity index (χ1n) is 9.99. The van der Waals surface area contributed by atoms with Gasteiger partial charge in [-0.15, -0.1) is 0 Å². The van der Waals surface area contributed by atoms with Crippen molar-refractivity contribution in [2.24, 2.45) is 0 Å². The third kappa shape index (κ3) is 4.90. The van der Waals surface area contributed by atoms with Gasteiger partial charge in [0.2, 0.25) is 0 Å². The summed E-state index contributed by atoms with van der Waals surface area (Å²) < 4.78 is 0. The van der Waals surface area contributed by atoms with Crippen LogP contribution in [0.5, 0.6) is 0 Å². The van der Waals surface area contributed by atoms with Crippen molar-refractivity contribution in [3.63, 3.8) is 0 Å². The average Bonchev–Trinajstić information content (AvgIpc) is 2.80. The van der Waals surface area contributed by atoms with E-state index in [4.69, 9.17) is 0 Å². The Morgan fingerprint density at radius 3 is 2.31 bits per heavy atom. The molecule has 3 aromatic rings.